The van der Waals surface area contributed by atoms with Gasteiger partial charge in [-0.3, -0.25) is 9.59 Å². The van der Waals surface area contributed by atoms with Crippen LogP contribution in [0.3, 0.4) is 0 Å². The molecule has 0 heterocycles. The normalized spacial score (nSPS) is 11.4. The molecule has 0 fully saturated rings. The van der Waals surface area contributed by atoms with E-state index in [0.717, 1.165) is 18.6 Å². The molecule has 192 valence electrons. The van der Waals surface area contributed by atoms with Crippen molar-refractivity contribution in [3.63, 3.8) is 0 Å². The van der Waals surface area contributed by atoms with Crippen LogP contribution in [0.1, 0.15) is 65.0 Å². The Balaban J connectivity index is 2.09. The molecule has 6 N–H and O–H groups in total. The highest BCUT2D eigenvalue weighted by molar-refractivity contribution is 6.16. The van der Waals surface area contributed by atoms with E-state index in [-0.39, 0.29) is 67.5 Å². The van der Waals surface area contributed by atoms with Crippen LogP contribution in [0.15, 0.2) is 24.3 Å². The van der Waals surface area contributed by atoms with Crippen LogP contribution in [-0.4, -0.2) is 42.2 Å². The molecule has 0 spiro atoms. The summed E-state index contributed by atoms with van der Waals surface area (Å²) in [5.41, 5.74) is 1.10. The molecular weight excluding hydrogens is 476 g/mol. The lowest BCUT2D eigenvalue weighted by molar-refractivity contribution is 0.0976. The first-order valence-electron chi connectivity index (χ1n) is 11.9. The summed E-state index contributed by atoms with van der Waals surface area (Å²) in [6, 6.07) is 5.46. The number of Topliss-reactive ketones (excluding diaryl/α,β-unsaturated/α-hetero) is 2. The standard InChI is InChI=1S/C29H28O8/c1-5-6-7-19(31)25-16-9-13(3)23(27(35)18(16)11-21(33)29(25)37)22-12(2)8-15-17(26(22)34)10-20(32)28(36)24(15)14(4)30/h8-11,32-37H,5-7H2,1-4H3. The Kier molecular flexibility index (Phi) is 6.37. The van der Waals surface area contributed by atoms with Gasteiger partial charge in [0, 0.05) is 39.1 Å². The minimum absolute atomic E-state index is 0.0839. The number of phenolic OH excluding ortho intramolecular Hbond substituents is 6. The van der Waals surface area contributed by atoms with Gasteiger partial charge in [0.1, 0.15) is 11.5 Å². The predicted molar refractivity (Wildman–Crippen MR) is 140 cm³/mol. The van der Waals surface area contributed by atoms with E-state index in [2.05, 4.69) is 0 Å². The zero-order valence-corrected chi connectivity index (χ0v) is 20.9. The largest absolute Gasteiger partial charge is 0.507 e. The van der Waals surface area contributed by atoms with Gasteiger partial charge in [0.05, 0.1) is 11.1 Å². The quantitative estimate of drug-likeness (QED) is 0.136. The van der Waals surface area contributed by atoms with Crippen LogP contribution >= 0.6 is 0 Å². The number of hydrogen-bond donors (Lipinski definition) is 6. The van der Waals surface area contributed by atoms with Crippen LogP contribution < -0.4 is 0 Å². The van der Waals surface area contributed by atoms with Crippen molar-refractivity contribution in [1.82, 2.24) is 0 Å². The summed E-state index contributed by atoms with van der Waals surface area (Å²) in [5, 5.41) is 64.7. The van der Waals surface area contributed by atoms with E-state index in [1.165, 1.54) is 6.92 Å². The maximum absolute atomic E-state index is 12.9. The average molecular weight is 505 g/mol. The first-order chi connectivity index (χ1) is 17.4. The summed E-state index contributed by atoms with van der Waals surface area (Å²) >= 11 is 0. The second kappa shape index (κ2) is 9.20. The predicted octanol–water partition coefficient (Wildman–Crippen LogP) is 6.09. The van der Waals surface area contributed by atoms with Gasteiger partial charge in [-0.15, -0.1) is 0 Å². The Labute approximate surface area is 212 Å². The van der Waals surface area contributed by atoms with Gasteiger partial charge >= 0.3 is 0 Å². The SMILES string of the molecule is CCCCC(=O)c1c(O)c(O)cc2c(O)c(-c3c(C)cc4c(C(C)=O)c(O)c(O)cc4c3O)c(C)cc12. The second-order valence-corrected chi connectivity index (χ2v) is 9.35. The van der Waals surface area contributed by atoms with Crippen LogP contribution in [-0.2, 0) is 0 Å². The smallest absolute Gasteiger partial charge is 0.169 e. The molecule has 0 aliphatic heterocycles. The number of carbonyl (C=O) groups excluding carboxylic acids is 2. The van der Waals surface area contributed by atoms with Crippen molar-refractivity contribution in [3.8, 4) is 45.6 Å². The average Bonchev–Trinajstić information content (AvgIpc) is 2.82. The van der Waals surface area contributed by atoms with E-state index in [0.29, 0.717) is 17.5 Å². The Morgan fingerprint density at radius 2 is 1.08 bits per heavy atom. The number of benzene rings is 4. The molecule has 0 atom stereocenters. The number of ketones is 2. The molecule has 8 nitrogen and oxygen atoms in total. The number of rotatable bonds is 6. The van der Waals surface area contributed by atoms with Gasteiger partial charge in [0.2, 0.25) is 0 Å². The van der Waals surface area contributed by atoms with Crippen molar-refractivity contribution < 1.29 is 40.2 Å². The van der Waals surface area contributed by atoms with E-state index in [4.69, 9.17) is 0 Å². The van der Waals surface area contributed by atoms with Gasteiger partial charge in [-0.05, 0) is 62.6 Å². The van der Waals surface area contributed by atoms with Gasteiger partial charge in [0.15, 0.2) is 34.6 Å². The number of unbranched alkanes of at least 4 members (excludes halogenated alkanes) is 1. The Hall–Kier alpha value is -4.46. The van der Waals surface area contributed by atoms with Crippen LogP contribution in [0, 0.1) is 13.8 Å². The second-order valence-electron chi connectivity index (χ2n) is 9.35. The fourth-order valence-corrected chi connectivity index (χ4v) is 4.99. The van der Waals surface area contributed by atoms with E-state index in [1.807, 2.05) is 6.92 Å². The van der Waals surface area contributed by atoms with E-state index < -0.39 is 28.8 Å². The zero-order valence-electron chi connectivity index (χ0n) is 20.9. The maximum Gasteiger partial charge on any atom is 0.169 e. The molecule has 0 amide bonds. The van der Waals surface area contributed by atoms with Gasteiger partial charge in [0.25, 0.3) is 0 Å². The van der Waals surface area contributed by atoms with Gasteiger partial charge in [-0.2, -0.15) is 0 Å². The summed E-state index contributed by atoms with van der Waals surface area (Å²) in [6.07, 6.45) is 1.51. The molecule has 0 aromatic heterocycles. The van der Waals surface area contributed by atoms with E-state index >= 15 is 0 Å². The molecule has 0 saturated carbocycles. The molecule has 0 aliphatic rings. The molecule has 4 rings (SSSR count). The summed E-state index contributed by atoms with van der Waals surface area (Å²) in [6.45, 7) is 6.47. The molecule has 0 saturated heterocycles. The lowest BCUT2D eigenvalue weighted by Gasteiger charge is -2.20. The van der Waals surface area contributed by atoms with Crippen molar-refractivity contribution in [3.05, 3.63) is 46.5 Å². The third-order valence-corrected chi connectivity index (χ3v) is 6.77. The van der Waals surface area contributed by atoms with Crippen molar-refractivity contribution in [2.75, 3.05) is 0 Å². The lowest BCUT2D eigenvalue weighted by Crippen LogP contribution is -2.02. The summed E-state index contributed by atoms with van der Waals surface area (Å²) < 4.78 is 0. The molecule has 4 aromatic carbocycles. The minimum atomic E-state index is -0.591. The lowest BCUT2D eigenvalue weighted by atomic mass is 9.86. The Morgan fingerprint density at radius 3 is 1.51 bits per heavy atom. The van der Waals surface area contributed by atoms with Crippen molar-refractivity contribution in [1.29, 1.82) is 0 Å². The maximum atomic E-state index is 12.9. The van der Waals surface area contributed by atoms with Crippen LogP contribution in [0.5, 0.6) is 34.5 Å². The molecule has 8 heteroatoms. The Bertz CT molecular complexity index is 1630. The number of fused-ring (bicyclic) bond motifs is 2. The molecule has 0 radical (unpaired) electrons. The van der Waals surface area contributed by atoms with Crippen molar-refractivity contribution >= 4 is 33.1 Å². The number of aryl methyl sites for hydroxylation is 2. The van der Waals surface area contributed by atoms with Crippen molar-refractivity contribution in [2.24, 2.45) is 0 Å². The monoisotopic (exact) mass is 504 g/mol. The third-order valence-electron chi connectivity index (χ3n) is 6.77. The van der Waals surface area contributed by atoms with Crippen molar-refractivity contribution in [2.45, 2.75) is 47.0 Å². The molecule has 37 heavy (non-hydrogen) atoms. The first kappa shape index (κ1) is 25.6. The molecule has 0 bridgehead atoms. The summed E-state index contributed by atoms with van der Waals surface area (Å²) in [7, 11) is 0. The molecular formula is C29H28O8. The van der Waals surface area contributed by atoms with Crippen LogP contribution in [0.2, 0.25) is 0 Å². The number of hydrogen-bond acceptors (Lipinski definition) is 8. The fraction of sp³-hybridized carbons (Fsp3) is 0.241. The highest BCUT2D eigenvalue weighted by atomic mass is 16.3. The summed E-state index contributed by atoms with van der Waals surface area (Å²) in [5.74, 6) is -3.85. The van der Waals surface area contributed by atoms with Gasteiger partial charge in [-0.25, -0.2) is 0 Å². The number of carbonyl (C=O) groups is 2. The first-order valence-corrected chi connectivity index (χ1v) is 11.9. The topological polar surface area (TPSA) is 156 Å². The molecule has 0 unspecified atom stereocenters. The highest BCUT2D eigenvalue weighted by Gasteiger charge is 2.27. The fourth-order valence-electron chi connectivity index (χ4n) is 4.99. The van der Waals surface area contributed by atoms with Gasteiger partial charge in [-0.1, -0.05) is 13.3 Å². The molecule has 4 aromatic rings. The Morgan fingerprint density at radius 1 is 0.649 bits per heavy atom. The number of phenols is 6. The third kappa shape index (κ3) is 3.94. The van der Waals surface area contributed by atoms with E-state index in [1.54, 1.807) is 26.0 Å². The van der Waals surface area contributed by atoms with Gasteiger partial charge < -0.3 is 30.6 Å². The summed E-state index contributed by atoms with van der Waals surface area (Å²) in [4.78, 5) is 25.1. The molecule has 0 aliphatic carbocycles. The van der Waals surface area contributed by atoms with Crippen LogP contribution in [0.4, 0.5) is 0 Å². The minimum Gasteiger partial charge on any atom is -0.507 e. The number of aromatic hydroxyl groups is 6. The van der Waals surface area contributed by atoms with Crippen LogP contribution in [0.25, 0.3) is 32.7 Å². The van der Waals surface area contributed by atoms with E-state index in [9.17, 15) is 40.2 Å². The zero-order chi connectivity index (χ0) is 27.3. The highest BCUT2D eigenvalue weighted by Crippen LogP contribution is 2.51.